The lowest BCUT2D eigenvalue weighted by molar-refractivity contribution is 0.142. The van der Waals surface area contributed by atoms with Crippen molar-refractivity contribution in [2.24, 2.45) is 0 Å². The van der Waals surface area contributed by atoms with Crippen molar-refractivity contribution in [2.75, 3.05) is 13.2 Å². The molecule has 1 nitrogen and oxygen atoms in total. The summed E-state index contributed by atoms with van der Waals surface area (Å²) < 4.78 is 5.45. The molecule has 0 radical (unpaired) electrons. The van der Waals surface area contributed by atoms with Gasteiger partial charge >= 0.3 is 0 Å². The van der Waals surface area contributed by atoms with Crippen LogP contribution >= 0.6 is 11.8 Å². The van der Waals surface area contributed by atoms with Crippen LogP contribution in [0.4, 0.5) is 0 Å². The van der Waals surface area contributed by atoms with Gasteiger partial charge in [0.2, 0.25) is 0 Å². The van der Waals surface area contributed by atoms with Crippen molar-refractivity contribution >= 4 is 11.8 Å². The molecule has 10 heavy (non-hydrogen) atoms. The Labute approximate surface area is 65.8 Å². The van der Waals surface area contributed by atoms with Crippen LogP contribution in [0.3, 0.4) is 0 Å². The van der Waals surface area contributed by atoms with Crippen LogP contribution in [0.2, 0.25) is 0 Å². The summed E-state index contributed by atoms with van der Waals surface area (Å²) in [6.45, 7) is 1.91. The van der Waals surface area contributed by atoms with Gasteiger partial charge in [-0.3, -0.25) is 0 Å². The third kappa shape index (κ3) is 1.38. The van der Waals surface area contributed by atoms with E-state index in [1.807, 2.05) is 11.8 Å². The topological polar surface area (TPSA) is 9.23 Å². The molecule has 2 aliphatic rings. The minimum absolute atomic E-state index is 0.766. The Balaban J connectivity index is 2.09. The molecular weight excluding hydrogens is 144 g/mol. The van der Waals surface area contributed by atoms with Crippen LogP contribution in [0.25, 0.3) is 0 Å². The second-order valence-corrected chi connectivity index (χ2v) is 4.24. The number of thioether (sulfide) groups is 1. The Morgan fingerprint density at radius 3 is 3.60 bits per heavy atom. The zero-order valence-corrected chi connectivity index (χ0v) is 6.82. The summed E-state index contributed by atoms with van der Waals surface area (Å²) in [7, 11) is 0. The van der Waals surface area contributed by atoms with Gasteiger partial charge in [0.1, 0.15) is 0 Å². The van der Waals surface area contributed by atoms with E-state index in [-0.39, 0.29) is 0 Å². The lowest BCUT2D eigenvalue weighted by atomic mass is 10.2. The highest BCUT2D eigenvalue weighted by atomic mass is 32.2. The third-order valence-corrected chi connectivity index (χ3v) is 3.35. The zero-order valence-electron chi connectivity index (χ0n) is 6.01. The van der Waals surface area contributed by atoms with Crippen LogP contribution in [0.5, 0.6) is 0 Å². The Morgan fingerprint density at radius 1 is 1.60 bits per heavy atom. The summed E-state index contributed by atoms with van der Waals surface area (Å²) in [5.41, 5.74) is 0. The number of fused-ring (bicyclic) bond motifs is 2. The summed E-state index contributed by atoms with van der Waals surface area (Å²) in [6.07, 6.45) is 6.11. The van der Waals surface area contributed by atoms with Gasteiger partial charge in [0.15, 0.2) is 0 Å². The highest BCUT2D eigenvalue weighted by molar-refractivity contribution is 8.03. The van der Waals surface area contributed by atoms with Crippen molar-refractivity contribution < 1.29 is 4.74 Å². The Kier molecular flexibility index (Phi) is 2.00. The van der Waals surface area contributed by atoms with Gasteiger partial charge in [-0.25, -0.2) is 0 Å². The predicted octanol–water partition coefficient (Wildman–Crippen LogP) is 2.19. The van der Waals surface area contributed by atoms with Crippen LogP contribution in [0, 0.1) is 0 Å². The molecule has 1 saturated heterocycles. The van der Waals surface area contributed by atoms with Crippen LogP contribution in [-0.2, 0) is 4.74 Å². The zero-order chi connectivity index (χ0) is 6.81. The average Bonchev–Trinajstić information content (AvgIpc) is 2.12. The van der Waals surface area contributed by atoms with Crippen molar-refractivity contribution in [3.63, 3.8) is 0 Å². The van der Waals surface area contributed by atoms with E-state index in [0.29, 0.717) is 0 Å². The average molecular weight is 156 g/mol. The highest BCUT2D eigenvalue weighted by Crippen LogP contribution is 2.34. The molecule has 0 saturated carbocycles. The molecule has 0 N–H and O–H groups in total. The first-order chi connectivity index (χ1) is 4.95. The van der Waals surface area contributed by atoms with E-state index in [1.54, 1.807) is 4.91 Å². The van der Waals surface area contributed by atoms with E-state index in [9.17, 15) is 0 Å². The number of hydrogen-bond donors (Lipinski definition) is 0. The molecule has 2 heteroatoms. The molecule has 0 aliphatic carbocycles. The van der Waals surface area contributed by atoms with Crippen molar-refractivity contribution in [3.8, 4) is 0 Å². The molecule has 1 atom stereocenters. The Bertz CT molecular complexity index is 153. The summed E-state index contributed by atoms with van der Waals surface area (Å²) in [6, 6.07) is 0. The van der Waals surface area contributed by atoms with Gasteiger partial charge in [-0.1, -0.05) is 6.08 Å². The maximum Gasteiger partial charge on any atom is 0.0588 e. The monoisotopic (exact) mass is 156 g/mol. The SMILES string of the molecule is C1=C2CCOCC(CC1)S2. The minimum Gasteiger partial charge on any atom is -0.380 e. The van der Waals surface area contributed by atoms with Gasteiger partial charge in [0.25, 0.3) is 0 Å². The Morgan fingerprint density at radius 2 is 2.60 bits per heavy atom. The minimum atomic E-state index is 0.766. The van der Waals surface area contributed by atoms with E-state index in [0.717, 1.165) is 24.9 Å². The number of ether oxygens (including phenoxy) is 1. The number of allylic oxidation sites excluding steroid dienone is 1. The van der Waals surface area contributed by atoms with Gasteiger partial charge in [0, 0.05) is 11.7 Å². The molecule has 1 unspecified atom stereocenters. The fourth-order valence-electron chi connectivity index (χ4n) is 1.42. The molecule has 0 aromatic carbocycles. The second-order valence-electron chi connectivity index (χ2n) is 2.81. The van der Waals surface area contributed by atoms with E-state index >= 15 is 0 Å². The van der Waals surface area contributed by atoms with Crippen LogP contribution in [0.15, 0.2) is 11.0 Å². The largest absolute Gasteiger partial charge is 0.380 e. The standard InChI is InChI=1S/C8H12OS/c1-2-7-4-5-9-6-8(3-1)10-7/h2,8H,1,3-6H2. The molecule has 0 aromatic rings. The lowest BCUT2D eigenvalue weighted by Crippen LogP contribution is -2.10. The maximum atomic E-state index is 5.45. The molecule has 1 fully saturated rings. The van der Waals surface area contributed by atoms with E-state index in [2.05, 4.69) is 6.08 Å². The van der Waals surface area contributed by atoms with Crippen molar-refractivity contribution in [3.05, 3.63) is 11.0 Å². The predicted molar refractivity (Wildman–Crippen MR) is 44.1 cm³/mol. The molecule has 2 bridgehead atoms. The van der Waals surface area contributed by atoms with Gasteiger partial charge < -0.3 is 4.74 Å². The third-order valence-electron chi connectivity index (χ3n) is 1.98. The Hall–Kier alpha value is 0.0500. The smallest absolute Gasteiger partial charge is 0.0588 e. The van der Waals surface area contributed by atoms with Crippen molar-refractivity contribution in [1.82, 2.24) is 0 Å². The normalized spacial score (nSPS) is 32.8. The van der Waals surface area contributed by atoms with Crippen molar-refractivity contribution in [2.45, 2.75) is 24.5 Å². The number of rotatable bonds is 0. The first-order valence-corrected chi connectivity index (χ1v) is 4.76. The van der Waals surface area contributed by atoms with E-state index < -0.39 is 0 Å². The van der Waals surface area contributed by atoms with Gasteiger partial charge in [0.05, 0.1) is 13.2 Å². The van der Waals surface area contributed by atoms with Gasteiger partial charge in [-0.15, -0.1) is 11.8 Å². The highest BCUT2D eigenvalue weighted by Gasteiger charge is 2.18. The molecule has 0 amide bonds. The molecule has 2 heterocycles. The fraction of sp³-hybridized carbons (Fsp3) is 0.750. The molecule has 2 rings (SSSR count). The second kappa shape index (κ2) is 2.97. The molecular formula is C8H12OS. The van der Waals surface area contributed by atoms with Crippen molar-refractivity contribution in [1.29, 1.82) is 0 Å². The summed E-state index contributed by atoms with van der Waals surface area (Å²) in [5.74, 6) is 0. The van der Waals surface area contributed by atoms with Gasteiger partial charge in [-0.2, -0.15) is 0 Å². The quantitative estimate of drug-likeness (QED) is 0.531. The molecule has 0 aromatic heterocycles. The van der Waals surface area contributed by atoms with Crippen LogP contribution < -0.4 is 0 Å². The molecule has 2 aliphatic heterocycles. The van der Waals surface area contributed by atoms with E-state index in [4.69, 9.17) is 4.74 Å². The summed E-state index contributed by atoms with van der Waals surface area (Å²) >= 11 is 2.03. The lowest BCUT2D eigenvalue weighted by Gasteiger charge is -2.16. The molecule has 56 valence electrons. The summed E-state index contributed by atoms with van der Waals surface area (Å²) in [4.78, 5) is 1.56. The molecule has 0 spiro atoms. The van der Waals surface area contributed by atoms with Gasteiger partial charge in [-0.05, 0) is 17.7 Å². The van der Waals surface area contributed by atoms with E-state index in [1.165, 1.54) is 12.8 Å². The summed E-state index contributed by atoms with van der Waals surface area (Å²) in [5, 5.41) is 0.766. The first kappa shape index (κ1) is 6.74. The fourth-order valence-corrected chi connectivity index (χ4v) is 2.68. The van der Waals surface area contributed by atoms with Crippen LogP contribution in [-0.4, -0.2) is 18.5 Å². The maximum absolute atomic E-state index is 5.45. The first-order valence-electron chi connectivity index (χ1n) is 3.88. The number of hydrogen-bond acceptors (Lipinski definition) is 2. The van der Waals surface area contributed by atoms with Crippen LogP contribution in [0.1, 0.15) is 19.3 Å².